The highest BCUT2D eigenvalue weighted by Gasteiger charge is 2.19. The minimum atomic E-state index is 0.820. The summed E-state index contributed by atoms with van der Waals surface area (Å²) in [5.74, 6) is 0.820. The first-order valence-corrected chi connectivity index (χ1v) is 10.4. The van der Waals surface area contributed by atoms with Gasteiger partial charge in [0.25, 0.3) is 0 Å². The van der Waals surface area contributed by atoms with Crippen molar-refractivity contribution < 1.29 is 0 Å². The van der Waals surface area contributed by atoms with E-state index in [4.69, 9.17) is 4.98 Å². The predicted molar refractivity (Wildman–Crippen MR) is 113 cm³/mol. The molecule has 5 rings (SSSR count). The summed E-state index contributed by atoms with van der Waals surface area (Å²) in [5.41, 5.74) is 6.95. The summed E-state index contributed by atoms with van der Waals surface area (Å²) in [6.45, 7) is 2.79. The molecule has 0 radical (unpaired) electrons. The number of thiophene rings is 1. The third-order valence-corrected chi connectivity index (χ3v) is 5.78. The Morgan fingerprint density at radius 3 is 2.64 bits per heavy atom. The fourth-order valence-corrected chi connectivity index (χ4v) is 4.24. The Kier molecular flexibility index (Phi) is 4.69. The van der Waals surface area contributed by atoms with Crippen molar-refractivity contribution >= 4 is 11.3 Å². The van der Waals surface area contributed by atoms with Crippen molar-refractivity contribution in [3.63, 3.8) is 0 Å². The highest BCUT2D eigenvalue weighted by Crippen LogP contribution is 2.23. The van der Waals surface area contributed by atoms with E-state index in [0.29, 0.717) is 0 Å². The van der Waals surface area contributed by atoms with Crippen LogP contribution in [0.25, 0.3) is 22.6 Å². The van der Waals surface area contributed by atoms with E-state index in [9.17, 15) is 0 Å². The van der Waals surface area contributed by atoms with Crippen LogP contribution in [-0.2, 0) is 19.5 Å². The number of benzene rings is 1. The highest BCUT2D eigenvalue weighted by molar-refractivity contribution is 7.08. The monoisotopic (exact) mass is 384 g/mol. The van der Waals surface area contributed by atoms with E-state index in [0.717, 1.165) is 43.1 Å². The second-order valence-electron chi connectivity index (χ2n) is 7.06. The minimum Gasteiger partial charge on any atom is -0.294 e. The number of rotatable bonds is 4. The van der Waals surface area contributed by atoms with Gasteiger partial charge in [-0.1, -0.05) is 36.4 Å². The maximum absolute atomic E-state index is 4.82. The van der Waals surface area contributed by atoms with E-state index >= 15 is 0 Å². The Labute approximate surface area is 168 Å². The van der Waals surface area contributed by atoms with Gasteiger partial charge in [-0.15, -0.1) is 0 Å². The Morgan fingerprint density at radius 2 is 1.86 bits per heavy atom. The number of nitrogens with zero attached hydrogens (tertiary/aromatic N) is 4. The second kappa shape index (κ2) is 7.62. The fourth-order valence-electron chi connectivity index (χ4n) is 3.59. The smallest absolute Gasteiger partial charge is 0.159 e. The molecule has 4 heterocycles. The maximum atomic E-state index is 4.82. The molecule has 1 aliphatic rings. The standard InChI is InChI=1S/C23H20N4S/c1-2-4-18(5-3-1)23-25-13-20-15-27(10-8-22(20)26-23)14-17-6-7-21(24-12-17)19-9-11-28-16-19/h1-7,9,11-13,16H,8,10,14-15H2. The lowest BCUT2D eigenvalue weighted by Gasteiger charge is -2.28. The summed E-state index contributed by atoms with van der Waals surface area (Å²) in [5, 5.41) is 4.22. The zero-order valence-electron chi connectivity index (χ0n) is 15.5. The first-order chi connectivity index (χ1) is 13.8. The third kappa shape index (κ3) is 3.59. The SMILES string of the molecule is c1ccc(-c2ncc3c(n2)CCN(Cc2ccc(-c4ccsc4)nc2)C3)cc1. The third-order valence-electron chi connectivity index (χ3n) is 5.09. The van der Waals surface area contributed by atoms with Gasteiger partial charge in [-0.05, 0) is 23.1 Å². The van der Waals surface area contributed by atoms with Crippen LogP contribution in [0.5, 0.6) is 0 Å². The molecule has 0 saturated carbocycles. The lowest BCUT2D eigenvalue weighted by molar-refractivity contribution is 0.242. The summed E-state index contributed by atoms with van der Waals surface area (Å²) in [6, 6.07) is 16.6. The van der Waals surface area contributed by atoms with Crippen molar-refractivity contribution in [3.05, 3.63) is 88.5 Å². The Morgan fingerprint density at radius 1 is 0.929 bits per heavy atom. The minimum absolute atomic E-state index is 0.820. The first kappa shape index (κ1) is 17.2. The van der Waals surface area contributed by atoms with E-state index in [2.05, 4.69) is 56.0 Å². The molecule has 1 aromatic carbocycles. The molecule has 4 aromatic rings. The molecular weight excluding hydrogens is 364 g/mol. The average Bonchev–Trinajstić information content (AvgIpc) is 3.29. The molecule has 0 unspecified atom stereocenters. The molecule has 3 aromatic heterocycles. The summed E-state index contributed by atoms with van der Waals surface area (Å²) < 4.78 is 0. The molecule has 1 aliphatic heterocycles. The summed E-state index contributed by atoms with van der Waals surface area (Å²) in [7, 11) is 0. The Hall–Kier alpha value is -2.89. The van der Waals surface area contributed by atoms with Gasteiger partial charge in [0.15, 0.2) is 5.82 Å². The molecule has 0 spiro atoms. The predicted octanol–water partition coefficient (Wildman–Crippen LogP) is 4.83. The van der Waals surface area contributed by atoms with Crippen LogP contribution in [0.3, 0.4) is 0 Å². The van der Waals surface area contributed by atoms with Crippen LogP contribution in [-0.4, -0.2) is 26.4 Å². The van der Waals surface area contributed by atoms with Gasteiger partial charge in [-0.3, -0.25) is 9.88 Å². The van der Waals surface area contributed by atoms with Crippen molar-refractivity contribution in [3.8, 4) is 22.6 Å². The molecule has 0 aliphatic carbocycles. The van der Waals surface area contributed by atoms with Crippen LogP contribution in [0.4, 0.5) is 0 Å². The first-order valence-electron chi connectivity index (χ1n) is 9.45. The van der Waals surface area contributed by atoms with Gasteiger partial charge in [0.05, 0.1) is 11.4 Å². The van der Waals surface area contributed by atoms with Crippen molar-refractivity contribution in [1.82, 2.24) is 19.9 Å². The summed E-state index contributed by atoms with van der Waals surface area (Å²) in [6.07, 6.45) is 4.95. The van der Waals surface area contributed by atoms with E-state index < -0.39 is 0 Å². The molecule has 0 amide bonds. The van der Waals surface area contributed by atoms with Gasteiger partial charge in [0.1, 0.15) is 0 Å². The normalized spacial score (nSPS) is 14.0. The Bertz CT molecular complexity index is 1060. The molecule has 4 nitrogen and oxygen atoms in total. The number of pyridine rings is 1. The molecule has 0 fully saturated rings. The zero-order valence-corrected chi connectivity index (χ0v) is 16.3. The van der Waals surface area contributed by atoms with Gasteiger partial charge >= 0.3 is 0 Å². The van der Waals surface area contributed by atoms with Crippen molar-refractivity contribution in [1.29, 1.82) is 0 Å². The molecular formula is C23H20N4S. The lowest BCUT2D eigenvalue weighted by Crippen LogP contribution is -2.31. The largest absolute Gasteiger partial charge is 0.294 e. The van der Waals surface area contributed by atoms with Gasteiger partial charge in [-0.2, -0.15) is 11.3 Å². The van der Waals surface area contributed by atoms with Crippen LogP contribution >= 0.6 is 11.3 Å². The number of fused-ring (bicyclic) bond motifs is 1. The van der Waals surface area contributed by atoms with Crippen molar-refractivity contribution in [2.24, 2.45) is 0 Å². The summed E-state index contributed by atoms with van der Waals surface area (Å²) >= 11 is 1.70. The van der Waals surface area contributed by atoms with Gasteiger partial charge in [0.2, 0.25) is 0 Å². The molecule has 0 saturated heterocycles. The van der Waals surface area contributed by atoms with Crippen LogP contribution in [0, 0.1) is 0 Å². The van der Waals surface area contributed by atoms with E-state index in [1.807, 2.05) is 30.6 Å². The van der Waals surface area contributed by atoms with Gasteiger partial charge in [0, 0.05) is 60.5 Å². The van der Waals surface area contributed by atoms with Crippen molar-refractivity contribution in [2.45, 2.75) is 19.5 Å². The molecule has 138 valence electrons. The second-order valence-corrected chi connectivity index (χ2v) is 7.84. The molecule has 0 atom stereocenters. The van der Waals surface area contributed by atoms with Gasteiger partial charge < -0.3 is 0 Å². The van der Waals surface area contributed by atoms with Crippen LogP contribution in [0.15, 0.2) is 71.7 Å². The maximum Gasteiger partial charge on any atom is 0.159 e. The van der Waals surface area contributed by atoms with Crippen molar-refractivity contribution in [2.75, 3.05) is 6.54 Å². The molecule has 0 bridgehead atoms. The summed E-state index contributed by atoms with van der Waals surface area (Å²) in [4.78, 5) is 16.5. The van der Waals surface area contributed by atoms with Crippen LogP contribution < -0.4 is 0 Å². The van der Waals surface area contributed by atoms with E-state index in [1.54, 1.807) is 11.3 Å². The van der Waals surface area contributed by atoms with E-state index in [-0.39, 0.29) is 0 Å². The molecule has 5 heteroatoms. The molecule has 28 heavy (non-hydrogen) atoms. The number of aromatic nitrogens is 3. The topological polar surface area (TPSA) is 41.9 Å². The van der Waals surface area contributed by atoms with Crippen LogP contribution in [0.2, 0.25) is 0 Å². The quantitative estimate of drug-likeness (QED) is 0.506. The number of hydrogen-bond donors (Lipinski definition) is 0. The van der Waals surface area contributed by atoms with Gasteiger partial charge in [-0.25, -0.2) is 9.97 Å². The highest BCUT2D eigenvalue weighted by atomic mass is 32.1. The zero-order chi connectivity index (χ0) is 18.8. The van der Waals surface area contributed by atoms with E-state index in [1.165, 1.54) is 22.4 Å². The Balaban J connectivity index is 1.28. The molecule has 0 N–H and O–H groups in total. The lowest BCUT2D eigenvalue weighted by atomic mass is 10.1. The number of hydrogen-bond acceptors (Lipinski definition) is 5. The fraction of sp³-hybridized carbons (Fsp3) is 0.174. The average molecular weight is 385 g/mol. The van der Waals surface area contributed by atoms with Crippen LogP contribution in [0.1, 0.15) is 16.8 Å².